The molecule has 15 heteroatoms. The summed E-state index contributed by atoms with van der Waals surface area (Å²) in [6, 6.07) is 0. The van der Waals surface area contributed by atoms with E-state index in [1.54, 1.807) is 0 Å². The molecule has 0 heterocycles. The van der Waals surface area contributed by atoms with Gasteiger partial charge in [-0.2, -0.15) is 0 Å². The topological polar surface area (TPSA) is 172 Å². The average Bonchev–Trinajstić information content (AvgIpc) is 1.54. The van der Waals surface area contributed by atoms with E-state index in [1.807, 2.05) is 0 Å². The van der Waals surface area contributed by atoms with Crippen LogP contribution in [0.1, 0.15) is 0 Å². The van der Waals surface area contributed by atoms with E-state index in [-0.39, 0.29) is 88.7 Å². The van der Waals surface area contributed by atoms with Gasteiger partial charge < -0.3 is 0 Å². The summed E-state index contributed by atoms with van der Waals surface area (Å²) in [5.41, 5.74) is 0. The Bertz CT molecular complexity index is 213. The second kappa shape index (κ2) is 30.5. The van der Waals surface area contributed by atoms with E-state index in [9.17, 15) is 0 Å². The fourth-order valence-corrected chi connectivity index (χ4v) is 0. The molecule has 0 spiro atoms. The van der Waals surface area contributed by atoms with Gasteiger partial charge in [0, 0.05) is 0 Å². The van der Waals surface area contributed by atoms with Gasteiger partial charge >= 0.3 is 169 Å². The van der Waals surface area contributed by atoms with Crippen LogP contribution < -0.4 is 101 Å². The Kier molecular flexibility index (Phi) is 73.6. The van der Waals surface area contributed by atoms with Crippen molar-refractivity contribution in [2.24, 2.45) is 0 Å². The molecule has 0 atom stereocenters. The molecule has 72 valence electrons. The molecule has 0 fully saturated rings. The van der Waals surface area contributed by atoms with Gasteiger partial charge in [-0.25, -0.2) is 0 Å². The van der Waals surface area contributed by atoms with Crippen LogP contribution in [0.15, 0.2) is 0 Å². The van der Waals surface area contributed by atoms with Gasteiger partial charge in [-0.3, -0.25) is 0 Å². The molecule has 15 heavy (non-hydrogen) atoms. The first-order valence-electron chi connectivity index (χ1n) is 1.64. The predicted molar refractivity (Wildman–Crippen MR) is 4.12 cm³/mol. The Hall–Kier alpha value is 3.43. The minimum atomic E-state index is -3.94. The molecule has 0 aromatic heterocycles. The van der Waals surface area contributed by atoms with Crippen LogP contribution in [0.5, 0.6) is 0 Å². The Labute approximate surface area is 165 Å². The van der Waals surface area contributed by atoms with E-state index in [0.717, 1.165) is 0 Å². The van der Waals surface area contributed by atoms with E-state index in [4.69, 9.17) is 34.1 Å². The zero-order valence-corrected chi connectivity index (χ0v) is 18.2. The molecule has 9 nitrogen and oxygen atoms in total. The van der Waals surface area contributed by atoms with Crippen LogP contribution in [0.2, 0.25) is 0 Å². The SMILES string of the molecule is [Na+].[Na+].[Na+].[O]=[V](=[O])[O-].[O]=[V](=[O])[O-].[O]=[V](=[O])[O-]. The molecule has 0 aromatic carbocycles. The Morgan fingerprint density at radius 1 is 0.467 bits per heavy atom. The van der Waals surface area contributed by atoms with Crippen LogP contribution in [0.25, 0.3) is 0 Å². The van der Waals surface area contributed by atoms with Crippen molar-refractivity contribution in [3.63, 3.8) is 0 Å². The molecule has 0 aliphatic carbocycles. The fraction of sp³-hybridized carbons (Fsp3) is 0. The normalized spacial score (nSPS) is 5.00. The summed E-state index contributed by atoms with van der Waals surface area (Å²) in [6.07, 6.45) is 0. The van der Waals surface area contributed by atoms with Crippen LogP contribution in [0, 0.1) is 0 Å². The summed E-state index contributed by atoms with van der Waals surface area (Å²) in [6.45, 7) is 0. The molecule has 0 saturated heterocycles. The molecule has 0 radical (unpaired) electrons. The quantitative estimate of drug-likeness (QED) is 0.378. The maximum atomic E-state index is 8.56. The third kappa shape index (κ3) is 352. The Morgan fingerprint density at radius 3 is 0.467 bits per heavy atom. The fourth-order valence-electron chi connectivity index (χ4n) is 0. The predicted octanol–water partition coefficient (Wildman–Crippen LogP) is -13.3. The van der Waals surface area contributed by atoms with Gasteiger partial charge in [0.2, 0.25) is 0 Å². The molecule has 0 N–H and O–H groups in total. The van der Waals surface area contributed by atoms with Crippen molar-refractivity contribution in [1.82, 2.24) is 0 Å². The van der Waals surface area contributed by atoms with Crippen molar-refractivity contribution in [3.05, 3.63) is 0 Å². The van der Waals surface area contributed by atoms with Crippen molar-refractivity contribution in [1.29, 1.82) is 0 Å². The van der Waals surface area contributed by atoms with Gasteiger partial charge in [-0.05, 0) is 0 Å². The van der Waals surface area contributed by atoms with Crippen molar-refractivity contribution >= 4 is 0 Å². The van der Waals surface area contributed by atoms with Gasteiger partial charge in [0.15, 0.2) is 0 Å². The first-order valence-corrected chi connectivity index (χ1v) is 6.77. The first kappa shape index (κ1) is 36.2. The van der Waals surface area contributed by atoms with Crippen molar-refractivity contribution in [2.45, 2.75) is 0 Å². The van der Waals surface area contributed by atoms with Gasteiger partial charge in [0.05, 0.1) is 0 Å². The number of rotatable bonds is 0. The molecule has 0 bridgehead atoms. The van der Waals surface area contributed by atoms with Crippen LogP contribution in [0.4, 0.5) is 0 Å². The Balaban J connectivity index is -0.0000000184. The molecule has 0 unspecified atom stereocenters. The molecule has 0 amide bonds. The summed E-state index contributed by atoms with van der Waals surface area (Å²) in [5.74, 6) is 0. The monoisotopic (exact) mass is 366 g/mol. The summed E-state index contributed by atoms with van der Waals surface area (Å²) < 4.78 is 77.1. The van der Waals surface area contributed by atoms with E-state index >= 15 is 0 Å². The second-order valence-electron chi connectivity index (χ2n) is 0.671. The van der Waals surface area contributed by atoms with Crippen molar-refractivity contribution < 1.29 is 169 Å². The van der Waals surface area contributed by atoms with Crippen LogP contribution in [-0.2, 0) is 68.2 Å². The summed E-state index contributed by atoms with van der Waals surface area (Å²) in [7, 11) is 0. The molecule has 0 aliphatic rings. The van der Waals surface area contributed by atoms with Crippen LogP contribution in [-0.4, -0.2) is 0 Å². The minimum absolute atomic E-state index is 0. The maximum absolute atomic E-state index is 8.56. The van der Waals surface area contributed by atoms with E-state index in [1.165, 1.54) is 0 Å². The zero-order valence-electron chi connectivity index (χ0n) is 8.02. The first-order chi connectivity index (χ1) is 5.20. The molecule has 0 rings (SSSR count). The van der Waals surface area contributed by atoms with E-state index < -0.39 is 46.2 Å². The Morgan fingerprint density at radius 2 is 0.467 bits per heavy atom. The van der Waals surface area contributed by atoms with Crippen LogP contribution >= 0.6 is 0 Å². The van der Waals surface area contributed by atoms with E-state index in [0.29, 0.717) is 0 Å². The molecular weight excluding hydrogens is 366 g/mol. The van der Waals surface area contributed by atoms with Gasteiger partial charge in [0.1, 0.15) is 0 Å². The molecule has 0 saturated carbocycles. The average molecular weight is 366 g/mol. The summed E-state index contributed by atoms with van der Waals surface area (Å²) >= 11 is -11.8. The number of hydrogen-bond donors (Lipinski definition) is 0. The van der Waals surface area contributed by atoms with Crippen molar-refractivity contribution in [2.75, 3.05) is 0 Å². The molecule has 0 aliphatic heterocycles. The van der Waals surface area contributed by atoms with E-state index in [2.05, 4.69) is 0 Å². The molecular formula is Na3O9V3. The standard InChI is InChI=1S/3Na.9O.3V/q3*+1;;;;;;;3*-1;;;. The number of hydrogen-bond acceptors (Lipinski definition) is 9. The third-order valence-electron chi connectivity index (χ3n) is 0. The van der Waals surface area contributed by atoms with Gasteiger partial charge in [-0.15, -0.1) is 0 Å². The zero-order chi connectivity index (χ0) is 10.7. The van der Waals surface area contributed by atoms with Crippen LogP contribution in [0.3, 0.4) is 0 Å². The summed E-state index contributed by atoms with van der Waals surface area (Å²) in [4.78, 5) is 0. The summed E-state index contributed by atoms with van der Waals surface area (Å²) in [5, 5.41) is 0. The second-order valence-corrected chi connectivity index (χ2v) is 2.77. The van der Waals surface area contributed by atoms with Gasteiger partial charge in [-0.1, -0.05) is 0 Å². The van der Waals surface area contributed by atoms with Gasteiger partial charge in [0.25, 0.3) is 0 Å². The van der Waals surface area contributed by atoms with Crippen molar-refractivity contribution in [3.8, 4) is 0 Å². The third-order valence-corrected chi connectivity index (χ3v) is 0. The molecule has 0 aromatic rings.